The number of β-amino-alcohol motifs (C(OH)–C–C–N with tert-alkyl or cyclic N) is 1. The lowest BCUT2D eigenvalue weighted by Crippen LogP contribution is -2.62. The molecule has 0 aliphatic carbocycles. The highest BCUT2D eigenvalue weighted by molar-refractivity contribution is 5.60. The van der Waals surface area contributed by atoms with Gasteiger partial charge in [0.25, 0.3) is 12.1 Å². The molecule has 0 radical (unpaired) electrons. The number of alkyl halides is 2. The summed E-state index contributed by atoms with van der Waals surface area (Å²) in [6.45, 7) is 2.49. The lowest BCUT2D eigenvalue weighted by atomic mass is 9.88. The molecule has 0 aromatic heterocycles. The molecule has 1 saturated heterocycles. The highest BCUT2D eigenvalue weighted by Crippen LogP contribution is 2.38. The van der Waals surface area contributed by atoms with Crippen molar-refractivity contribution in [3.05, 3.63) is 33.9 Å². The first-order chi connectivity index (χ1) is 9.36. The summed E-state index contributed by atoms with van der Waals surface area (Å²) in [6.07, 6.45) is -1.36. The smallest absolute Gasteiger partial charge is 0.270 e. The summed E-state index contributed by atoms with van der Waals surface area (Å²) in [5.74, 6) is 0. The summed E-state index contributed by atoms with van der Waals surface area (Å²) in [6, 6.07) is 3.43. The maximum Gasteiger partial charge on any atom is 0.270 e. The molecule has 1 heterocycles. The summed E-state index contributed by atoms with van der Waals surface area (Å²) < 4.78 is 26.0. The molecule has 7 heteroatoms. The Morgan fingerprint density at radius 2 is 2.15 bits per heavy atom. The van der Waals surface area contributed by atoms with E-state index in [4.69, 9.17) is 0 Å². The van der Waals surface area contributed by atoms with Crippen molar-refractivity contribution in [2.45, 2.75) is 31.8 Å². The topological polar surface area (TPSA) is 66.6 Å². The van der Waals surface area contributed by atoms with Gasteiger partial charge in [0.1, 0.15) is 0 Å². The fourth-order valence-corrected chi connectivity index (χ4v) is 2.58. The molecule has 20 heavy (non-hydrogen) atoms. The summed E-state index contributed by atoms with van der Waals surface area (Å²) in [4.78, 5) is 11.6. The van der Waals surface area contributed by atoms with E-state index in [0.717, 1.165) is 12.5 Å². The van der Waals surface area contributed by atoms with Gasteiger partial charge in [0.15, 0.2) is 0 Å². The maximum absolute atomic E-state index is 13.0. The van der Waals surface area contributed by atoms with E-state index in [2.05, 4.69) is 0 Å². The highest BCUT2D eigenvalue weighted by atomic mass is 19.3. The molecule has 1 aromatic rings. The van der Waals surface area contributed by atoms with Crippen molar-refractivity contribution in [1.82, 2.24) is 0 Å². The van der Waals surface area contributed by atoms with Crippen LogP contribution in [0.15, 0.2) is 18.2 Å². The lowest BCUT2D eigenvalue weighted by Gasteiger charge is -2.48. The Hall–Kier alpha value is -1.76. The zero-order chi connectivity index (χ0) is 14.9. The number of aliphatic hydroxyl groups is 1. The van der Waals surface area contributed by atoms with Gasteiger partial charge in [0.05, 0.1) is 10.5 Å². The summed E-state index contributed by atoms with van der Waals surface area (Å²) in [7, 11) is 0. The summed E-state index contributed by atoms with van der Waals surface area (Å²) in [5, 5.41) is 20.7. The summed E-state index contributed by atoms with van der Waals surface area (Å²) in [5.41, 5.74) is -1.30. The average molecular weight is 286 g/mol. The van der Waals surface area contributed by atoms with Gasteiger partial charge in [0.2, 0.25) is 0 Å². The number of hydrogen-bond acceptors (Lipinski definition) is 4. The van der Waals surface area contributed by atoms with Crippen LogP contribution in [0.2, 0.25) is 0 Å². The first kappa shape index (κ1) is 14.6. The van der Waals surface area contributed by atoms with Crippen LogP contribution in [0, 0.1) is 10.1 Å². The quantitative estimate of drug-likeness (QED) is 0.667. The molecule has 1 fully saturated rings. The fraction of sp³-hybridized carbons (Fsp3) is 0.538. The van der Waals surface area contributed by atoms with E-state index >= 15 is 0 Å². The van der Waals surface area contributed by atoms with E-state index in [-0.39, 0.29) is 30.0 Å². The van der Waals surface area contributed by atoms with Gasteiger partial charge in [-0.25, -0.2) is 8.78 Å². The average Bonchev–Trinajstić information content (AvgIpc) is 2.35. The van der Waals surface area contributed by atoms with Crippen molar-refractivity contribution in [3.63, 3.8) is 0 Å². The molecule has 1 aliphatic rings. The minimum absolute atomic E-state index is 0.256. The van der Waals surface area contributed by atoms with Gasteiger partial charge in [-0.3, -0.25) is 10.1 Å². The number of non-ortho nitro benzene ring substituents is 1. The zero-order valence-corrected chi connectivity index (χ0v) is 11.1. The molecule has 110 valence electrons. The predicted octanol–water partition coefficient (Wildman–Crippen LogP) is 2.88. The molecule has 0 atom stereocenters. The van der Waals surface area contributed by atoms with E-state index in [1.165, 1.54) is 12.1 Å². The van der Waals surface area contributed by atoms with Crippen molar-refractivity contribution in [2.75, 3.05) is 18.0 Å². The molecule has 0 saturated carbocycles. The van der Waals surface area contributed by atoms with Gasteiger partial charge in [-0.05, 0) is 12.5 Å². The van der Waals surface area contributed by atoms with Crippen molar-refractivity contribution < 1.29 is 18.8 Å². The van der Waals surface area contributed by atoms with Gasteiger partial charge < -0.3 is 10.0 Å². The Labute approximate surface area is 115 Å². The van der Waals surface area contributed by atoms with Crippen LogP contribution in [-0.4, -0.2) is 28.7 Å². The molecular weight excluding hydrogens is 270 g/mol. The number of hydrogen-bond donors (Lipinski definition) is 1. The van der Waals surface area contributed by atoms with Gasteiger partial charge in [0, 0.05) is 36.5 Å². The molecule has 2 rings (SSSR count). The second kappa shape index (κ2) is 5.32. The second-order valence-electron chi connectivity index (χ2n) is 5.13. The van der Waals surface area contributed by atoms with Crippen molar-refractivity contribution in [1.29, 1.82) is 0 Å². The van der Waals surface area contributed by atoms with E-state index in [1.54, 1.807) is 4.90 Å². The minimum Gasteiger partial charge on any atom is -0.386 e. The maximum atomic E-state index is 13.0. The Morgan fingerprint density at radius 1 is 1.50 bits per heavy atom. The third-order valence-corrected chi connectivity index (χ3v) is 3.48. The number of halogens is 2. The monoisotopic (exact) mass is 286 g/mol. The molecule has 0 spiro atoms. The van der Waals surface area contributed by atoms with E-state index in [9.17, 15) is 24.0 Å². The minimum atomic E-state index is -2.79. The number of rotatable bonds is 5. The van der Waals surface area contributed by atoms with Crippen molar-refractivity contribution >= 4 is 11.4 Å². The van der Waals surface area contributed by atoms with Crippen LogP contribution in [-0.2, 0) is 0 Å². The Balaban J connectivity index is 2.23. The molecule has 0 amide bonds. The SMILES string of the molecule is CCCC1(O)CN(c2ccc([N+](=O)[O-])cc2C(F)F)C1. The Bertz CT molecular complexity index is 516. The molecule has 1 N–H and O–H groups in total. The summed E-state index contributed by atoms with van der Waals surface area (Å²) >= 11 is 0. The van der Waals surface area contributed by atoms with Gasteiger partial charge >= 0.3 is 0 Å². The Morgan fingerprint density at radius 3 is 2.65 bits per heavy atom. The van der Waals surface area contributed by atoms with Crippen LogP contribution in [0.4, 0.5) is 20.2 Å². The number of nitrogens with zero attached hydrogens (tertiary/aromatic N) is 2. The third-order valence-electron chi connectivity index (χ3n) is 3.48. The van der Waals surface area contributed by atoms with Gasteiger partial charge in [-0.1, -0.05) is 13.3 Å². The van der Waals surface area contributed by atoms with Crippen LogP contribution in [0.3, 0.4) is 0 Å². The molecule has 1 aliphatic heterocycles. The van der Waals surface area contributed by atoms with Crippen LogP contribution in [0.25, 0.3) is 0 Å². The number of anilines is 1. The molecule has 0 unspecified atom stereocenters. The lowest BCUT2D eigenvalue weighted by molar-refractivity contribution is -0.385. The molecule has 5 nitrogen and oxygen atoms in total. The standard InChI is InChI=1S/C13H16F2N2O3/c1-2-5-13(18)7-16(8-13)11-4-3-9(17(19)20)6-10(11)12(14)15/h3-4,6,12,18H,2,5,7-8H2,1H3. The Kier molecular flexibility index (Phi) is 3.89. The predicted molar refractivity (Wildman–Crippen MR) is 70.1 cm³/mol. The fourth-order valence-electron chi connectivity index (χ4n) is 2.58. The number of nitro groups is 1. The zero-order valence-electron chi connectivity index (χ0n) is 11.1. The van der Waals surface area contributed by atoms with E-state index in [0.29, 0.717) is 6.42 Å². The number of benzene rings is 1. The second-order valence-corrected chi connectivity index (χ2v) is 5.13. The van der Waals surface area contributed by atoms with Crippen LogP contribution in [0.5, 0.6) is 0 Å². The largest absolute Gasteiger partial charge is 0.386 e. The van der Waals surface area contributed by atoms with E-state index < -0.39 is 16.9 Å². The van der Waals surface area contributed by atoms with Crippen molar-refractivity contribution in [2.24, 2.45) is 0 Å². The third kappa shape index (κ3) is 2.72. The molecule has 1 aromatic carbocycles. The first-order valence-electron chi connectivity index (χ1n) is 6.40. The van der Waals surface area contributed by atoms with Crippen LogP contribution in [0.1, 0.15) is 31.8 Å². The van der Waals surface area contributed by atoms with Gasteiger partial charge in [-0.2, -0.15) is 0 Å². The normalized spacial score (nSPS) is 17.1. The van der Waals surface area contributed by atoms with Gasteiger partial charge in [-0.15, -0.1) is 0 Å². The van der Waals surface area contributed by atoms with Crippen LogP contribution < -0.4 is 4.90 Å². The van der Waals surface area contributed by atoms with Crippen molar-refractivity contribution in [3.8, 4) is 0 Å². The first-order valence-corrected chi connectivity index (χ1v) is 6.40. The van der Waals surface area contributed by atoms with E-state index in [1.807, 2.05) is 6.92 Å². The molecule has 0 bridgehead atoms. The molecular formula is C13H16F2N2O3. The number of nitro benzene ring substituents is 1. The highest BCUT2D eigenvalue weighted by Gasteiger charge is 2.41. The van der Waals surface area contributed by atoms with Crippen LogP contribution >= 0.6 is 0 Å².